The van der Waals surface area contributed by atoms with E-state index in [9.17, 15) is 9.90 Å². The molecule has 30 heavy (non-hydrogen) atoms. The number of halogens is 2. The minimum atomic E-state index is -0.625. The molecule has 0 unspecified atom stereocenters. The zero-order valence-electron chi connectivity index (χ0n) is 16.3. The molecule has 0 bridgehead atoms. The van der Waals surface area contributed by atoms with Gasteiger partial charge in [0.15, 0.2) is 5.16 Å². The van der Waals surface area contributed by atoms with Crippen LogP contribution < -0.4 is 10.1 Å². The van der Waals surface area contributed by atoms with Crippen molar-refractivity contribution >= 4 is 40.9 Å². The number of hydrogen-bond acceptors (Lipinski definition) is 7. The van der Waals surface area contributed by atoms with E-state index in [1.807, 2.05) is 6.07 Å². The first kappa shape index (κ1) is 23.1. The fourth-order valence-corrected chi connectivity index (χ4v) is 4.01. The van der Waals surface area contributed by atoms with Gasteiger partial charge in [-0.25, -0.2) is 9.97 Å². The fraction of sp³-hybridized carbons (Fsp3) is 0.450. The lowest BCUT2D eigenvalue weighted by Gasteiger charge is -2.33. The number of benzene rings is 1. The van der Waals surface area contributed by atoms with Gasteiger partial charge in [0, 0.05) is 44.6 Å². The molecule has 0 spiro atoms. The molecule has 2 aromatic rings. The topological polar surface area (TPSA) is 87.6 Å². The smallest absolute Gasteiger partial charge is 0.230 e. The molecule has 1 aliphatic heterocycles. The number of ether oxygens (including phenoxy) is 1. The molecule has 1 atom stereocenters. The summed E-state index contributed by atoms with van der Waals surface area (Å²) in [5.41, 5.74) is 0. The summed E-state index contributed by atoms with van der Waals surface area (Å²) in [5.74, 6) is 0.776. The third kappa shape index (κ3) is 7.59. The van der Waals surface area contributed by atoms with Crippen molar-refractivity contribution in [1.29, 1.82) is 0 Å². The van der Waals surface area contributed by atoms with Crippen molar-refractivity contribution in [2.24, 2.45) is 0 Å². The number of amides is 1. The van der Waals surface area contributed by atoms with Crippen LogP contribution in [0.5, 0.6) is 5.75 Å². The maximum atomic E-state index is 11.9. The van der Waals surface area contributed by atoms with Crippen molar-refractivity contribution < 1.29 is 14.6 Å². The Labute approximate surface area is 190 Å². The summed E-state index contributed by atoms with van der Waals surface area (Å²) in [6, 6.07) is 6.99. The van der Waals surface area contributed by atoms with E-state index in [0.717, 1.165) is 25.9 Å². The molecule has 10 heteroatoms. The van der Waals surface area contributed by atoms with Crippen molar-refractivity contribution in [2.45, 2.75) is 30.2 Å². The quantitative estimate of drug-likeness (QED) is 0.430. The van der Waals surface area contributed by atoms with Gasteiger partial charge < -0.3 is 20.1 Å². The van der Waals surface area contributed by atoms with Crippen LogP contribution in [-0.4, -0.2) is 70.0 Å². The van der Waals surface area contributed by atoms with Crippen LogP contribution in [0.1, 0.15) is 12.8 Å². The van der Waals surface area contributed by atoms with Gasteiger partial charge in [0.2, 0.25) is 5.91 Å². The zero-order valence-corrected chi connectivity index (χ0v) is 18.7. The molecule has 0 aliphatic carbocycles. The molecule has 1 saturated heterocycles. The normalized spacial score (nSPS) is 16.2. The second-order valence-corrected chi connectivity index (χ2v) is 8.73. The molecule has 7 nitrogen and oxygen atoms in total. The summed E-state index contributed by atoms with van der Waals surface area (Å²) in [7, 11) is 0. The number of aromatic nitrogens is 2. The predicted molar refractivity (Wildman–Crippen MR) is 118 cm³/mol. The molecule has 3 rings (SSSR count). The van der Waals surface area contributed by atoms with Crippen molar-refractivity contribution in [2.75, 3.05) is 31.9 Å². The molecule has 1 aromatic carbocycles. The van der Waals surface area contributed by atoms with Crippen molar-refractivity contribution in [3.63, 3.8) is 0 Å². The molecule has 2 heterocycles. The Morgan fingerprint density at radius 2 is 2.00 bits per heavy atom. The van der Waals surface area contributed by atoms with Crippen LogP contribution in [0.4, 0.5) is 0 Å². The van der Waals surface area contributed by atoms with Crippen LogP contribution >= 0.6 is 35.0 Å². The number of nitrogens with one attached hydrogen (secondary N) is 1. The summed E-state index contributed by atoms with van der Waals surface area (Å²) in [6.07, 6.45) is 4.46. The molecule has 2 N–H and O–H groups in total. The Morgan fingerprint density at radius 3 is 2.70 bits per heavy atom. The average molecular weight is 471 g/mol. The van der Waals surface area contributed by atoms with E-state index in [2.05, 4.69) is 20.2 Å². The summed E-state index contributed by atoms with van der Waals surface area (Å²) in [5, 5.41) is 14.5. The Hall–Kier alpha value is -1.58. The molecule has 1 fully saturated rings. The summed E-state index contributed by atoms with van der Waals surface area (Å²) in [4.78, 5) is 22.2. The Kier molecular flexibility index (Phi) is 9.02. The molecule has 1 amide bonds. The number of piperidine rings is 1. The number of β-amino-alcohol motifs (C(OH)–C–C–N with tert-alkyl or cyclic N) is 1. The number of carbonyl (C=O) groups excluding carboxylic acids is 1. The lowest BCUT2D eigenvalue weighted by atomic mass is 10.1. The van der Waals surface area contributed by atoms with Gasteiger partial charge in [0.25, 0.3) is 0 Å². The summed E-state index contributed by atoms with van der Waals surface area (Å²) >= 11 is 13.2. The first-order valence-electron chi connectivity index (χ1n) is 9.68. The highest BCUT2D eigenvalue weighted by Crippen LogP contribution is 2.28. The third-order valence-electron chi connectivity index (χ3n) is 4.61. The highest BCUT2D eigenvalue weighted by molar-refractivity contribution is 7.99. The maximum absolute atomic E-state index is 11.9. The number of hydrogen-bond donors (Lipinski definition) is 2. The number of carbonyl (C=O) groups is 1. The van der Waals surface area contributed by atoms with Gasteiger partial charge in [0.1, 0.15) is 11.9 Å². The van der Waals surface area contributed by atoms with Gasteiger partial charge in [0.05, 0.1) is 21.9 Å². The van der Waals surface area contributed by atoms with Crippen LogP contribution in [-0.2, 0) is 4.79 Å². The van der Waals surface area contributed by atoms with Crippen LogP contribution in [0.15, 0.2) is 41.8 Å². The number of likely N-dealkylation sites (tertiary alicyclic amines) is 1. The van der Waals surface area contributed by atoms with E-state index < -0.39 is 6.10 Å². The molecular weight excluding hydrogens is 447 g/mol. The van der Waals surface area contributed by atoms with E-state index in [0.29, 0.717) is 27.5 Å². The number of aliphatic hydroxyl groups excluding tert-OH is 1. The van der Waals surface area contributed by atoms with Crippen LogP contribution in [0.25, 0.3) is 0 Å². The molecule has 0 saturated carbocycles. The maximum Gasteiger partial charge on any atom is 0.230 e. The molecule has 0 radical (unpaired) electrons. The van der Waals surface area contributed by atoms with E-state index in [-0.39, 0.29) is 24.3 Å². The molecular formula is C20H24Cl2N4O3S. The third-order valence-corrected chi connectivity index (χ3v) is 6.22. The molecule has 162 valence electrons. The summed E-state index contributed by atoms with van der Waals surface area (Å²) < 4.78 is 5.98. The monoisotopic (exact) mass is 470 g/mol. The lowest BCUT2D eigenvalue weighted by Crippen LogP contribution is -2.45. The van der Waals surface area contributed by atoms with Gasteiger partial charge in [-0.1, -0.05) is 35.0 Å². The van der Waals surface area contributed by atoms with Crippen molar-refractivity contribution in [3.05, 3.63) is 46.7 Å². The zero-order chi connectivity index (χ0) is 21.3. The van der Waals surface area contributed by atoms with Gasteiger partial charge in [-0.3, -0.25) is 4.79 Å². The van der Waals surface area contributed by atoms with Gasteiger partial charge >= 0.3 is 0 Å². The predicted octanol–water partition coefficient (Wildman–Crippen LogP) is 2.90. The van der Waals surface area contributed by atoms with Crippen LogP contribution in [0.2, 0.25) is 10.0 Å². The highest BCUT2D eigenvalue weighted by Gasteiger charge is 2.22. The number of aliphatic hydroxyl groups is 1. The first-order valence-corrected chi connectivity index (χ1v) is 11.4. The lowest BCUT2D eigenvalue weighted by molar-refractivity contribution is -0.119. The van der Waals surface area contributed by atoms with Gasteiger partial charge in [-0.15, -0.1) is 0 Å². The number of rotatable bonds is 9. The Morgan fingerprint density at radius 1 is 1.27 bits per heavy atom. The van der Waals surface area contributed by atoms with E-state index in [1.54, 1.807) is 30.6 Å². The molecule has 1 aliphatic rings. The average Bonchev–Trinajstić information content (AvgIpc) is 2.75. The number of nitrogens with zero attached hydrogens (tertiary/aromatic N) is 3. The van der Waals surface area contributed by atoms with E-state index in [1.165, 1.54) is 11.8 Å². The highest BCUT2D eigenvalue weighted by atomic mass is 35.5. The molecule has 1 aromatic heterocycles. The minimum absolute atomic E-state index is 0.104. The van der Waals surface area contributed by atoms with E-state index >= 15 is 0 Å². The Bertz CT molecular complexity index is 823. The SMILES string of the molecule is O=C(CSc1ncccn1)NC[C@@H](O)CN1CCC(Oc2ccc(Cl)c(Cl)c2)CC1. The first-order chi connectivity index (χ1) is 14.5. The van der Waals surface area contributed by atoms with Crippen molar-refractivity contribution in [3.8, 4) is 5.75 Å². The van der Waals surface area contributed by atoms with E-state index in [4.69, 9.17) is 27.9 Å². The largest absolute Gasteiger partial charge is 0.490 e. The van der Waals surface area contributed by atoms with Crippen molar-refractivity contribution in [1.82, 2.24) is 20.2 Å². The number of thioether (sulfide) groups is 1. The van der Waals surface area contributed by atoms with Gasteiger partial charge in [-0.2, -0.15) is 0 Å². The standard InChI is InChI=1S/C20H24Cl2N4O3S/c21-17-3-2-16(10-18(17)22)29-15-4-8-26(9-5-15)12-14(27)11-25-19(28)13-30-20-23-6-1-7-24-20/h1-3,6-7,10,14-15,27H,4-5,8-9,11-13H2,(H,25,28)/t14-/m1/s1. The van der Waals surface area contributed by atoms with Gasteiger partial charge in [-0.05, 0) is 31.0 Å². The van der Waals surface area contributed by atoms with Crippen LogP contribution in [0.3, 0.4) is 0 Å². The second-order valence-electron chi connectivity index (χ2n) is 6.97. The summed E-state index contributed by atoms with van der Waals surface area (Å²) in [6.45, 7) is 2.36. The minimum Gasteiger partial charge on any atom is -0.490 e. The fourth-order valence-electron chi connectivity index (χ4n) is 3.09. The Balaban J connectivity index is 1.31. The second kappa shape index (κ2) is 11.7. The van der Waals surface area contributed by atoms with Crippen LogP contribution in [0, 0.1) is 0 Å².